The first-order chi connectivity index (χ1) is 9.08. The van der Waals surface area contributed by atoms with Gasteiger partial charge in [0.1, 0.15) is 11.3 Å². The van der Waals surface area contributed by atoms with Crippen molar-refractivity contribution in [3.63, 3.8) is 0 Å². The molecule has 0 atom stereocenters. The molecule has 2 N–H and O–H groups in total. The van der Waals surface area contributed by atoms with Crippen LogP contribution < -0.4 is 4.90 Å². The maximum Gasteiger partial charge on any atom is 0.180 e. The fourth-order valence-electron chi connectivity index (χ4n) is 1.86. The smallest absolute Gasteiger partial charge is 0.180 e. The number of hydrogen-bond acceptors (Lipinski definition) is 6. The lowest BCUT2D eigenvalue weighted by Gasteiger charge is -2.30. The van der Waals surface area contributed by atoms with E-state index in [-0.39, 0.29) is 13.2 Å². The quantitative estimate of drug-likeness (QED) is 0.814. The molecular formula is C13H18N4O2. The van der Waals surface area contributed by atoms with Gasteiger partial charge in [0.2, 0.25) is 0 Å². The lowest BCUT2D eigenvalue weighted by Crippen LogP contribution is -2.39. The van der Waals surface area contributed by atoms with Gasteiger partial charge in [0.05, 0.1) is 13.2 Å². The fourth-order valence-corrected chi connectivity index (χ4v) is 1.86. The zero-order chi connectivity index (χ0) is 13.9. The first kappa shape index (κ1) is 13.6. The Morgan fingerprint density at radius 2 is 1.84 bits per heavy atom. The summed E-state index contributed by atoms with van der Waals surface area (Å²) < 4.78 is 0. The number of aromatic nitrogens is 3. The molecule has 0 amide bonds. The van der Waals surface area contributed by atoms with E-state index in [9.17, 15) is 10.2 Å². The van der Waals surface area contributed by atoms with Crippen molar-refractivity contribution in [1.29, 1.82) is 0 Å². The molecule has 0 unspecified atom stereocenters. The second-order valence-electron chi connectivity index (χ2n) is 5.05. The molecule has 0 bridgehead atoms. The number of aliphatic hydroxyl groups is 2. The Kier molecular flexibility index (Phi) is 3.92. The minimum Gasteiger partial charge on any atom is -0.396 e. The van der Waals surface area contributed by atoms with Crippen LogP contribution >= 0.6 is 0 Å². The average Bonchev–Trinajstić information content (AvgIpc) is 2.46. The van der Waals surface area contributed by atoms with Gasteiger partial charge in [0.15, 0.2) is 5.65 Å². The Bertz CT molecular complexity index is 557. The monoisotopic (exact) mass is 262 g/mol. The highest BCUT2D eigenvalue weighted by molar-refractivity contribution is 5.71. The minimum atomic E-state index is -0.562. The molecule has 0 fully saturated rings. The van der Waals surface area contributed by atoms with Gasteiger partial charge < -0.3 is 15.1 Å². The Balaban J connectivity index is 2.24. The van der Waals surface area contributed by atoms with Gasteiger partial charge >= 0.3 is 0 Å². The van der Waals surface area contributed by atoms with E-state index in [0.29, 0.717) is 12.2 Å². The average molecular weight is 262 g/mol. The summed E-state index contributed by atoms with van der Waals surface area (Å²) >= 11 is 0. The van der Waals surface area contributed by atoms with Crippen molar-refractivity contribution in [2.24, 2.45) is 5.41 Å². The van der Waals surface area contributed by atoms with E-state index >= 15 is 0 Å². The van der Waals surface area contributed by atoms with E-state index in [1.165, 1.54) is 0 Å². The molecule has 0 saturated carbocycles. The van der Waals surface area contributed by atoms with Gasteiger partial charge in [0, 0.05) is 31.4 Å². The first-order valence-corrected chi connectivity index (χ1v) is 6.09. The molecule has 0 aliphatic carbocycles. The summed E-state index contributed by atoms with van der Waals surface area (Å²) in [6.07, 6.45) is 3.23. The number of aliphatic hydroxyl groups excluding tert-OH is 2. The van der Waals surface area contributed by atoms with Crippen molar-refractivity contribution < 1.29 is 10.2 Å². The summed E-state index contributed by atoms with van der Waals surface area (Å²) in [7, 11) is 1.87. The number of pyridine rings is 1. The maximum atomic E-state index is 9.32. The molecule has 0 radical (unpaired) electrons. The van der Waals surface area contributed by atoms with Crippen LogP contribution in [0.2, 0.25) is 0 Å². The van der Waals surface area contributed by atoms with Crippen LogP contribution in [0.25, 0.3) is 11.2 Å². The van der Waals surface area contributed by atoms with Crippen molar-refractivity contribution in [3.05, 3.63) is 24.5 Å². The van der Waals surface area contributed by atoms with Gasteiger partial charge in [-0.25, -0.2) is 9.97 Å². The fraction of sp³-hybridized carbons (Fsp3) is 0.462. The Morgan fingerprint density at radius 1 is 1.16 bits per heavy atom. The van der Waals surface area contributed by atoms with E-state index in [1.807, 2.05) is 31.0 Å². The van der Waals surface area contributed by atoms with E-state index in [1.54, 1.807) is 12.4 Å². The highest BCUT2D eigenvalue weighted by atomic mass is 16.3. The van der Waals surface area contributed by atoms with Crippen LogP contribution in [0, 0.1) is 5.41 Å². The number of nitrogens with zero attached hydrogens (tertiary/aromatic N) is 4. The molecule has 0 spiro atoms. The Hall–Kier alpha value is -1.79. The number of rotatable bonds is 5. The van der Waals surface area contributed by atoms with Gasteiger partial charge in [-0.2, -0.15) is 0 Å². The third-order valence-electron chi connectivity index (χ3n) is 3.09. The summed E-state index contributed by atoms with van der Waals surface area (Å²) in [5, 5.41) is 18.6. The van der Waals surface area contributed by atoms with Crippen molar-refractivity contribution in [2.75, 3.05) is 31.7 Å². The molecule has 19 heavy (non-hydrogen) atoms. The number of anilines is 1. The molecule has 2 aromatic rings. The van der Waals surface area contributed by atoms with Crippen LogP contribution in [-0.2, 0) is 0 Å². The van der Waals surface area contributed by atoms with Crippen molar-refractivity contribution in [1.82, 2.24) is 15.0 Å². The zero-order valence-corrected chi connectivity index (χ0v) is 11.1. The summed E-state index contributed by atoms with van der Waals surface area (Å²) in [5.41, 5.74) is 0.765. The molecule has 2 heterocycles. The third kappa shape index (κ3) is 2.97. The van der Waals surface area contributed by atoms with E-state index in [2.05, 4.69) is 15.0 Å². The molecule has 2 aromatic heterocycles. The Morgan fingerprint density at radius 3 is 2.53 bits per heavy atom. The first-order valence-electron chi connectivity index (χ1n) is 6.09. The molecule has 0 aromatic carbocycles. The second kappa shape index (κ2) is 5.46. The van der Waals surface area contributed by atoms with Crippen molar-refractivity contribution >= 4 is 17.0 Å². The largest absolute Gasteiger partial charge is 0.396 e. The maximum absolute atomic E-state index is 9.32. The summed E-state index contributed by atoms with van der Waals surface area (Å²) in [4.78, 5) is 14.6. The second-order valence-corrected chi connectivity index (χ2v) is 5.05. The van der Waals surface area contributed by atoms with Crippen LogP contribution in [0.5, 0.6) is 0 Å². The SMILES string of the molecule is CN(CC(C)(CO)CO)c1ccc2nccnc2n1. The Labute approximate surface area is 111 Å². The predicted molar refractivity (Wildman–Crippen MR) is 72.9 cm³/mol. The van der Waals surface area contributed by atoms with Gasteiger partial charge in [-0.05, 0) is 12.1 Å². The molecule has 2 rings (SSSR count). The predicted octanol–water partition coefficient (Wildman–Crippen LogP) is 0.452. The molecule has 0 aliphatic heterocycles. The summed E-state index contributed by atoms with van der Waals surface area (Å²) in [6, 6.07) is 3.71. The number of fused-ring (bicyclic) bond motifs is 1. The van der Waals surface area contributed by atoms with Gasteiger partial charge in [-0.15, -0.1) is 0 Å². The molecule has 0 saturated heterocycles. The topological polar surface area (TPSA) is 82.4 Å². The highest BCUT2D eigenvalue weighted by Crippen LogP contribution is 2.20. The summed E-state index contributed by atoms with van der Waals surface area (Å²) in [5.74, 6) is 0.737. The van der Waals surface area contributed by atoms with Crippen LogP contribution in [-0.4, -0.2) is 52.0 Å². The highest BCUT2D eigenvalue weighted by Gasteiger charge is 2.25. The third-order valence-corrected chi connectivity index (χ3v) is 3.09. The van der Waals surface area contributed by atoms with Gasteiger partial charge in [-0.3, -0.25) is 4.98 Å². The van der Waals surface area contributed by atoms with E-state index < -0.39 is 5.41 Å². The van der Waals surface area contributed by atoms with Crippen LogP contribution in [0.3, 0.4) is 0 Å². The van der Waals surface area contributed by atoms with Crippen LogP contribution in [0.4, 0.5) is 5.82 Å². The minimum absolute atomic E-state index is 0.0821. The van der Waals surface area contributed by atoms with Crippen LogP contribution in [0.1, 0.15) is 6.92 Å². The van der Waals surface area contributed by atoms with E-state index in [4.69, 9.17) is 0 Å². The van der Waals surface area contributed by atoms with E-state index in [0.717, 1.165) is 11.3 Å². The zero-order valence-electron chi connectivity index (χ0n) is 11.1. The number of hydrogen-bond donors (Lipinski definition) is 2. The normalized spacial score (nSPS) is 11.8. The lowest BCUT2D eigenvalue weighted by molar-refractivity contribution is 0.0762. The lowest BCUT2D eigenvalue weighted by atomic mass is 9.92. The molecule has 102 valence electrons. The standard InChI is InChI=1S/C13H18N4O2/c1-13(8-18,9-19)7-17(2)11-4-3-10-12(16-11)15-6-5-14-10/h3-6,18-19H,7-9H2,1-2H3. The molecular weight excluding hydrogens is 244 g/mol. The van der Waals surface area contributed by atoms with Crippen molar-refractivity contribution in [3.8, 4) is 0 Å². The molecule has 0 aliphatic rings. The van der Waals surface area contributed by atoms with Gasteiger partial charge in [0.25, 0.3) is 0 Å². The molecule has 6 heteroatoms. The van der Waals surface area contributed by atoms with Crippen LogP contribution in [0.15, 0.2) is 24.5 Å². The van der Waals surface area contributed by atoms with Gasteiger partial charge in [-0.1, -0.05) is 6.92 Å². The molecule has 6 nitrogen and oxygen atoms in total. The summed E-state index contributed by atoms with van der Waals surface area (Å²) in [6.45, 7) is 2.16. The van der Waals surface area contributed by atoms with Crippen molar-refractivity contribution in [2.45, 2.75) is 6.92 Å².